The van der Waals surface area contributed by atoms with Crippen molar-refractivity contribution in [3.63, 3.8) is 0 Å². The SMILES string of the molecule is CCNC(Cc1nccn1C)C(F)F. The van der Waals surface area contributed by atoms with Gasteiger partial charge in [0, 0.05) is 25.9 Å². The second-order valence-corrected chi connectivity index (χ2v) is 3.16. The molecule has 0 saturated heterocycles. The highest BCUT2D eigenvalue weighted by Crippen LogP contribution is 2.07. The van der Waals surface area contributed by atoms with Crippen LogP contribution in [0.15, 0.2) is 12.4 Å². The molecule has 1 aromatic rings. The van der Waals surface area contributed by atoms with Crippen LogP contribution < -0.4 is 5.32 Å². The third-order valence-corrected chi connectivity index (χ3v) is 2.09. The summed E-state index contributed by atoms with van der Waals surface area (Å²) in [5, 5.41) is 2.74. The monoisotopic (exact) mass is 203 g/mol. The van der Waals surface area contributed by atoms with Crippen LogP contribution in [0.5, 0.6) is 0 Å². The van der Waals surface area contributed by atoms with Crippen molar-refractivity contribution in [2.75, 3.05) is 6.54 Å². The molecule has 0 bridgehead atoms. The average Bonchev–Trinajstić information content (AvgIpc) is 2.51. The highest BCUT2D eigenvalue weighted by Gasteiger charge is 2.20. The van der Waals surface area contributed by atoms with Crippen LogP contribution in [0, 0.1) is 0 Å². The fourth-order valence-corrected chi connectivity index (χ4v) is 1.30. The molecule has 0 fully saturated rings. The van der Waals surface area contributed by atoms with Crippen LogP contribution in [0.4, 0.5) is 8.78 Å². The van der Waals surface area contributed by atoms with Crippen LogP contribution in [-0.2, 0) is 13.5 Å². The minimum Gasteiger partial charge on any atom is -0.338 e. The number of halogens is 2. The fourth-order valence-electron chi connectivity index (χ4n) is 1.30. The summed E-state index contributed by atoms with van der Waals surface area (Å²) in [5.41, 5.74) is 0. The maximum atomic E-state index is 12.5. The van der Waals surface area contributed by atoms with Crippen molar-refractivity contribution in [3.8, 4) is 0 Å². The van der Waals surface area contributed by atoms with Crippen molar-refractivity contribution >= 4 is 0 Å². The van der Waals surface area contributed by atoms with Gasteiger partial charge in [-0.3, -0.25) is 0 Å². The van der Waals surface area contributed by atoms with Crippen LogP contribution in [0.3, 0.4) is 0 Å². The number of nitrogens with zero attached hydrogens (tertiary/aromatic N) is 2. The zero-order valence-corrected chi connectivity index (χ0v) is 8.37. The quantitative estimate of drug-likeness (QED) is 0.779. The van der Waals surface area contributed by atoms with Gasteiger partial charge in [0.05, 0.1) is 6.04 Å². The topological polar surface area (TPSA) is 29.9 Å². The molecule has 0 aliphatic carbocycles. The van der Waals surface area contributed by atoms with E-state index in [1.807, 2.05) is 6.92 Å². The van der Waals surface area contributed by atoms with Gasteiger partial charge >= 0.3 is 0 Å². The lowest BCUT2D eigenvalue weighted by atomic mass is 10.2. The van der Waals surface area contributed by atoms with Gasteiger partial charge in [-0.2, -0.15) is 0 Å². The molecule has 0 saturated carbocycles. The van der Waals surface area contributed by atoms with E-state index in [-0.39, 0.29) is 6.42 Å². The summed E-state index contributed by atoms with van der Waals surface area (Å²) in [4.78, 5) is 4.01. The zero-order chi connectivity index (χ0) is 10.6. The highest BCUT2D eigenvalue weighted by atomic mass is 19.3. The van der Waals surface area contributed by atoms with Gasteiger partial charge in [-0.05, 0) is 6.54 Å². The van der Waals surface area contributed by atoms with Crippen molar-refractivity contribution < 1.29 is 8.78 Å². The molecule has 1 heterocycles. The van der Waals surface area contributed by atoms with E-state index >= 15 is 0 Å². The van der Waals surface area contributed by atoms with Crippen molar-refractivity contribution in [1.82, 2.24) is 14.9 Å². The Bertz CT molecular complexity index is 273. The molecule has 0 spiro atoms. The van der Waals surface area contributed by atoms with Gasteiger partial charge in [0.25, 0.3) is 6.43 Å². The van der Waals surface area contributed by atoms with Crippen LogP contribution in [-0.4, -0.2) is 28.6 Å². The predicted octanol–water partition coefficient (Wildman–Crippen LogP) is 1.21. The number of hydrogen-bond acceptors (Lipinski definition) is 2. The largest absolute Gasteiger partial charge is 0.338 e. The average molecular weight is 203 g/mol. The number of nitrogens with one attached hydrogen (secondary N) is 1. The Labute approximate surface area is 82.1 Å². The lowest BCUT2D eigenvalue weighted by Crippen LogP contribution is -2.38. The van der Waals surface area contributed by atoms with E-state index in [0.717, 1.165) is 0 Å². The number of hydrogen-bond donors (Lipinski definition) is 1. The normalized spacial score (nSPS) is 13.5. The van der Waals surface area contributed by atoms with Crippen LogP contribution in [0.1, 0.15) is 12.7 Å². The standard InChI is InChI=1S/C9H15F2N3/c1-3-12-7(9(10)11)6-8-13-4-5-14(8)2/h4-5,7,9,12H,3,6H2,1-2H3. The van der Waals surface area contributed by atoms with E-state index in [9.17, 15) is 8.78 Å². The predicted molar refractivity (Wildman–Crippen MR) is 50.4 cm³/mol. The van der Waals surface area contributed by atoms with Gasteiger partial charge in [-0.1, -0.05) is 6.92 Å². The molecule has 80 valence electrons. The Morgan fingerprint density at radius 3 is 2.71 bits per heavy atom. The van der Waals surface area contributed by atoms with Crippen molar-refractivity contribution in [2.45, 2.75) is 25.8 Å². The van der Waals surface area contributed by atoms with Crippen molar-refractivity contribution in [3.05, 3.63) is 18.2 Å². The minimum atomic E-state index is -2.35. The zero-order valence-electron chi connectivity index (χ0n) is 8.37. The molecule has 0 aliphatic rings. The van der Waals surface area contributed by atoms with Crippen molar-refractivity contribution in [1.29, 1.82) is 0 Å². The molecule has 0 amide bonds. The third-order valence-electron chi connectivity index (χ3n) is 2.09. The number of imidazole rings is 1. The van der Waals surface area contributed by atoms with E-state index in [2.05, 4.69) is 10.3 Å². The third kappa shape index (κ3) is 2.77. The van der Waals surface area contributed by atoms with Gasteiger partial charge < -0.3 is 9.88 Å². The molecule has 3 nitrogen and oxygen atoms in total. The minimum absolute atomic E-state index is 0.259. The Balaban J connectivity index is 2.60. The molecular formula is C9H15F2N3. The first-order valence-corrected chi connectivity index (χ1v) is 4.63. The lowest BCUT2D eigenvalue weighted by molar-refractivity contribution is 0.0978. The smallest absolute Gasteiger partial charge is 0.254 e. The summed E-state index contributed by atoms with van der Waals surface area (Å²) >= 11 is 0. The molecular weight excluding hydrogens is 188 g/mol. The van der Waals surface area contributed by atoms with E-state index in [1.165, 1.54) is 0 Å². The number of rotatable bonds is 5. The first-order chi connectivity index (χ1) is 6.65. The first kappa shape index (κ1) is 11.1. The molecule has 1 unspecified atom stereocenters. The summed E-state index contributed by atoms with van der Waals surface area (Å²) in [6.45, 7) is 2.35. The second-order valence-electron chi connectivity index (χ2n) is 3.16. The van der Waals surface area contributed by atoms with Gasteiger partial charge in [0.15, 0.2) is 0 Å². The van der Waals surface area contributed by atoms with Gasteiger partial charge in [-0.25, -0.2) is 13.8 Å². The van der Waals surface area contributed by atoms with E-state index in [4.69, 9.17) is 0 Å². The van der Waals surface area contributed by atoms with Gasteiger partial charge in [0.2, 0.25) is 0 Å². The number of alkyl halides is 2. The first-order valence-electron chi connectivity index (χ1n) is 4.63. The Morgan fingerprint density at radius 2 is 2.29 bits per heavy atom. The molecule has 1 atom stereocenters. The molecule has 5 heteroatoms. The maximum Gasteiger partial charge on any atom is 0.254 e. The molecule has 1 rings (SSSR count). The van der Waals surface area contributed by atoms with E-state index in [1.54, 1.807) is 24.0 Å². The summed E-state index contributed by atoms with van der Waals surface area (Å²) in [7, 11) is 1.80. The molecule has 0 aromatic carbocycles. The van der Waals surface area contributed by atoms with E-state index < -0.39 is 12.5 Å². The van der Waals surface area contributed by atoms with Crippen LogP contribution in [0.2, 0.25) is 0 Å². The summed E-state index contributed by atoms with van der Waals surface area (Å²) in [5.74, 6) is 0.677. The molecule has 0 radical (unpaired) electrons. The van der Waals surface area contributed by atoms with Gasteiger partial charge in [-0.15, -0.1) is 0 Å². The number of likely N-dealkylation sites (N-methyl/N-ethyl adjacent to an activating group) is 1. The second kappa shape index (κ2) is 5.05. The number of aryl methyl sites for hydroxylation is 1. The molecule has 14 heavy (non-hydrogen) atoms. The van der Waals surface area contributed by atoms with Crippen LogP contribution in [0.25, 0.3) is 0 Å². The Hall–Kier alpha value is -0.970. The Morgan fingerprint density at radius 1 is 1.57 bits per heavy atom. The van der Waals surface area contributed by atoms with Gasteiger partial charge in [0.1, 0.15) is 5.82 Å². The lowest BCUT2D eigenvalue weighted by Gasteiger charge is -2.16. The summed E-state index contributed by atoms with van der Waals surface area (Å²) in [6, 6.07) is -0.805. The molecule has 1 N–H and O–H groups in total. The number of aromatic nitrogens is 2. The fraction of sp³-hybridized carbons (Fsp3) is 0.667. The highest BCUT2D eigenvalue weighted by molar-refractivity contribution is 4.95. The van der Waals surface area contributed by atoms with Crippen LogP contribution >= 0.6 is 0 Å². The molecule has 0 aliphatic heterocycles. The van der Waals surface area contributed by atoms with Crippen molar-refractivity contribution in [2.24, 2.45) is 7.05 Å². The Kier molecular flexibility index (Phi) is 4.00. The van der Waals surface area contributed by atoms with E-state index in [0.29, 0.717) is 12.4 Å². The summed E-state index contributed by atoms with van der Waals surface area (Å²) in [6.07, 6.45) is 1.27. The summed E-state index contributed by atoms with van der Waals surface area (Å²) < 4.78 is 26.8. The molecule has 1 aromatic heterocycles. The maximum absolute atomic E-state index is 12.5.